The molecule has 1 amide bonds. The lowest BCUT2D eigenvalue weighted by Crippen LogP contribution is -2.56. The zero-order valence-electron chi connectivity index (χ0n) is 14.7. The summed E-state index contributed by atoms with van der Waals surface area (Å²) >= 11 is 11.9. The molecule has 0 spiro atoms. The Morgan fingerprint density at radius 2 is 1.78 bits per heavy atom. The number of halogens is 2. The third kappa shape index (κ3) is 4.39. The van der Waals surface area contributed by atoms with Gasteiger partial charge in [0.25, 0.3) is 0 Å². The van der Waals surface area contributed by atoms with Gasteiger partial charge in [0.05, 0.1) is 22.1 Å². The van der Waals surface area contributed by atoms with Crippen LogP contribution in [0.4, 0.5) is 0 Å². The Morgan fingerprint density at radius 1 is 1.11 bits per heavy atom. The minimum atomic E-state index is -3.45. The first-order valence-electron chi connectivity index (χ1n) is 8.41. The lowest BCUT2D eigenvalue weighted by atomic mass is 10.1. The van der Waals surface area contributed by atoms with Gasteiger partial charge in [-0.3, -0.25) is 4.79 Å². The number of hydrogen-bond acceptors (Lipinski definition) is 4. The van der Waals surface area contributed by atoms with Crippen molar-refractivity contribution < 1.29 is 17.9 Å². The van der Waals surface area contributed by atoms with Gasteiger partial charge >= 0.3 is 0 Å². The molecule has 1 saturated heterocycles. The van der Waals surface area contributed by atoms with Gasteiger partial charge in [0, 0.05) is 19.5 Å². The van der Waals surface area contributed by atoms with Gasteiger partial charge in [0.1, 0.15) is 11.0 Å². The number of aryl methyl sites for hydroxylation is 1. The lowest BCUT2D eigenvalue weighted by molar-refractivity contribution is -0.134. The summed E-state index contributed by atoms with van der Waals surface area (Å²) in [5.74, 6) is 0.531. The molecule has 2 aromatic carbocycles. The number of sulfone groups is 1. The molecule has 27 heavy (non-hydrogen) atoms. The highest BCUT2D eigenvalue weighted by molar-refractivity contribution is 7.92. The Hall–Kier alpha value is -1.76. The Morgan fingerprint density at radius 3 is 2.37 bits per heavy atom. The predicted octanol–water partition coefficient (Wildman–Crippen LogP) is 3.62. The summed E-state index contributed by atoms with van der Waals surface area (Å²) in [5, 5.41) is 0.358. The largest absolute Gasteiger partial charge is 0.497 e. The minimum absolute atomic E-state index is 0.0674. The molecule has 0 aliphatic carbocycles. The second-order valence-corrected chi connectivity index (χ2v) is 9.43. The Labute approximate surface area is 168 Å². The van der Waals surface area contributed by atoms with Gasteiger partial charge in [-0.15, -0.1) is 0 Å². The number of carbonyl (C=O) groups is 1. The smallest absolute Gasteiger partial charge is 0.222 e. The monoisotopic (exact) mass is 427 g/mol. The van der Waals surface area contributed by atoms with Crippen molar-refractivity contribution in [1.29, 1.82) is 0 Å². The summed E-state index contributed by atoms with van der Waals surface area (Å²) in [4.78, 5) is 14.1. The molecular formula is C19H19Cl2NO4S. The summed E-state index contributed by atoms with van der Waals surface area (Å²) in [6.45, 7) is 0.434. The highest BCUT2D eigenvalue weighted by atomic mass is 35.5. The summed E-state index contributed by atoms with van der Waals surface area (Å²) < 4.78 is 30.3. The van der Waals surface area contributed by atoms with E-state index in [0.29, 0.717) is 28.6 Å². The standard InChI is InChI=1S/C19H19Cl2NO4S/c1-26-14-4-6-15(7-5-14)27(24,25)16-11-22(12-16)19(23)9-3-13-2-8-17(20)18(21)10-13/h2,4-8,10,16H,3,9,11-12H2,1H3. The molecule has 1 aliphatic heterocycles. The molecule has 2 aromatic rings. The van der Waals surface area contributed by atoms with Gasteiger partial charge in [-0.2, -0.15) is 0 Å². The summed E-state index contributed by atoms with van der Waals surface area (Å²) in [5.41, 5.74) is 0.917. The third-order valence-corrected chi connectivity index (χ3v) is 7.48. The summed E-state index contributed by atoms with van der Waals surface area (Å²) in [6, 6.07) is 11.6. The van der Waals surface area contributed by atoms with E-state index in [0.717, 1.165) is 5.56 Å². The van der Waals surface area contributed by atoms with Crippen LogP contribution in [-0.2, 0) is 21.1 Å². The van der Waals surface area contributed by atoms with Crippen molar-refractivity contribution in [2.75, 3.05) is 20.2 Å². The van der Waals surface area contributed by atoms with Crippen LogP contribution in [0, 0.1) is 0 Å². The van der Waals surface area contributed by atoms with Crippen molar-refractivity contribution in [2.24, 2.45) is 0 Å². The molecule has 0 saturated carbocycles. The fourth-order valence-corrected chi connectivity index (χ4v) is 4.87. The van der Waals surface area contributed by atoms with Crippen molar-refractivity contribution in [2.45, 2.75) is 23.0 Å². The SMILES string of the molecule is COc1ccc(S(=O)(=O)C2CN(C(=O)CCc3ccc(Cl)c(Cl)c3)C2)cc1. The van der Waals surface area contributed by atoms with Gasteiger partial charge in [0.15, 0.2) is 9.84 Å². The number of hydrogen-bond donors (Lipinski definition) is 0. The molecular weight excluding hydrogens is 409 g/mol. The molecule has 1 heterocycles. The van der Waals surface area contributed by atoms with E-state index in [4.69, 9.17) is 27.9 Å². The fraction of sp³-hybridized carbons (Fsp3) is 0.316. The van der Waals surface area contributed by atoms with Crippen LogP contribution in [0.2, 0.25) is 10.0 Å². The van der Waals surface area contributed by atoms with Crippen molar-refractivity contribution in [1.82, 2.24) is 4.90 Å². The molecule has 144 valence electrons. The van der Waals surface area contributed by atoms with Crippen LogP contribution < -0.4 is 4.74 Å². The van der Waals surface area contributed by atoms with Crippen LogP contribution in [0.5, 0.6) is 5.75 Å². The zero-order valence-corrected chi connectivity index (χ0v) is 17.0. The zero-order chi connectivity index (χ0) is 19.6. The number of ether oxygens (including phenoxy) is 1. The molecule has 0 aromatic heterocycles. The van der Waals surface area contributed by atoms with Gasteiger partial charge in [-0.25, -0.2) is 8.42 Å². The molecule has 0 atom stereocenters. The topological polar surface area (TPSA) is 63.7 Å². The highest BCUT2D eigenvalue weighted by Crippen LogP contribution is 2.27. The number of benzene rings is 2. The number of rotatable bonds is 6. The van der Waals surface area contributed by atoms with E-state index in [9.17, 15) is 13.2 Å². The molecule has 0 bridgehead atoms. The van der Waals surface area contributed by atoms with E-state index < -0.39 is 15.1 Å². The molecule has 0 N–H and O–H groups in total. The average Bonchev–Trinajstić information content (AvgIpc) is 2.61. The molecule has 8 heteroatoms. The van der Waals surface area contributed by atoms with E-state index in [1.807, 2.05) is 6.07 Å². The number of carbonyl (C=O) groups excluding carboxylic acids is 1. The maximum Gasteiger partial charge on any atom is 0.222 e. The maximum absolute atomic E-state index is 12.6. The number of amides is 1. The van der Waals surface area contributed by atoms with E-state index >= 15 is 0 Å². The van der Waals surface area contributed by atoms with Crippen molar-refractivity contribution in [3.63, 3.8) is 0 Å². The second-order valence-electron chi connectivity index (χ2n) is 6.39. The minimum Gasteiger partial charge on any atom is -0.497 e. The Balaban J connectivity index is 1.54. The van der Waals surface area contributed by atoms with Crippen molar-refractivity contribution in [3.8, 4) is 5.75 Å². The molecule has 0 unspecified atom stereocenters. The van der Waals surface area contributed by atoms with Crippen LogP contribution in [0.25, 0.3) is 0 Å². The van der Waals surface area contributed by atoms with Crippen LogP contribution in [0.1, 0.15) is 12.0 Å². The quantitative estimate of drug-likeness (QED) is 0.705. The van der Waals surface area contributed by atoms with Gasteiger partial charge in [0.2, 0.25) is 5.91 Å². The normalized spacial score (nSPS) is 14.7. The first-order valence-corrected chi connectivity index (χ1v) is 10.7. The molecule has 1 aliphatic rings. The predicted molar refractivity (Wildman–Crippen MR) is 105 cm³/mol. The number of nitrogens with zero attached hydrogens (tertiary/aromatic N) is 1. The average molecular weight is 428 g/mol. The third-order valence-electron chi connectivity index (χ3n) is 4.64. The first-order chi connectivity index (χ1) is 12.8. The van der Waals surface area contributed by atoms with E-state index in [-0.39, 0.29) is 23.9 Å². The second kappa shape index (κ2) is 8.09. The van der Waals surface area contributed by atoms with Crippen LogP contribution in [0.15, 0.2) is 47.4 Å². The van der Waals surface area contributed by atoms with E-state index in [1.165, 1.54) is 19.2 Å². The van der Waals surface area contributed by atoms with E-state index in [2.05, 4.69) is 0 Å². The fourth-order valence-electron chi connectivity index (χ4n) is 2.90. The number of likely N-dealkylation sites (tertiary alicyclic amines) is 1. The van der Waals surface area contributed by atoms with Crippen LogP contribution in [0.3, 0.4) is 0 Å². The highest BCUT2D eigenvalue weighted by Gasteiger charge is 2.40. The van der Waals surface area contributed by atoms with Crippen molar-refractivity contribution >= 4 is 38.9 Å². The van der Waals surface area contributed by atoms with Crippen LogP contribution >= 0.6 is 23.2 Å². The Bertz CT molecular complexity index is 939. The molecule has 3 rings (SSSR count). The van der Waals surface area contributed by atoms with Gasteiger partial charge < -0.3 is 9.64 Å². The molecule has 1 fully saturated rings. The number of methoxy groups -OCH3 is 1. The van der Waals surface area contributed by atoms with Gasteiger partial charge in [-0.05, 0) is 48.4 Å². The van der Waals surface area contributed by atoms with E-state index in [1.54, 1.807) is 29.2 Å². The summed E-state index contributed by atoms with van der Waals surface area (Å²) in [7, 11) is -1.93. The summed E-state index contributed by atoms with van der Waals surface area (Å²) in [6.07, 6.45) is 0.829. The molecule has 5 nitrogen and oxygen atoms in total. The van der Waals surface area contributed by atoms with Crippen LogP contribution in [-0.4, -0.2) is 44.7 Å². The Kier molecular flexibility index (Phi) is 5.99. The molecule has 0 radical (unpaired) electrons. The maximum atomic E-state index is 12.6. The van der Waals surface area contributed by atoms with Gasteiger partial charge in [-0.1, -0.05) is 29.3 Å². The lowest BCUT2D eigenvalue weighted by Gasteiger charge is -2.38. The van der Waals surface area contributed by atoms with Crippen molar-refractivity contribution in [3.05, 3.63) is 58.1 Å². The first kappa shape index (κ1) is 20.0.